The number of rotatable bonds is 4. The molecule has 2 heterocycles. The summed E-state index contributed by atoms with van der Waals surface area (Å²) < 4.78 is 2.00. The molecule has 4 heteroatoms. The summed E-state index contributed by atoms with van der Waals surface area (Å²) in [6.07, 6.45) is 3.76. The number of hydrogen-bond donors (Lipinski definition) is 1. The van der Waals surface area contributed by atoms with Gasteiger partial charge in [0.2, 0.25) is 5.78 Å². The maximum atomic E-state index is 4.73. The van der Waals surface area contributed by atoms with E-state index in [1.807, 2.05) is 16.7 Å². The van der Waals surface area contributed by atoms with E-state index in [2.05, 4.69) is 72.7 Å². The zero-order valence-electron chi connectivity index (χ0n) is 14.4. The molecule has 2 aromatic carbocycles. The van der Waals surface area contributed by atoms with E-state index < -0.39 is 0 Å². The summed E-state index contributed by atoms with van der Waals surface area (Å²) in [6, 6.07) is 18.9. The summed E-state index contributed by atoms with van der Waals surface area (Å²) in [5.41, 5.74) is 5.75. The molecule has 0 saturated carbocycles. The van der Waals surface area contributed by atoms with Crippen molar-refractivity contribution < 1.29 is 0 Å². The van der Waals surface area contributed by atoms with E-state index in [0.717, 1.165) is 23.6 Å². The van der Waals surface area contributed by atoms with Gasteiger partial charge in [0.1, 0.15) is 11.5 Å². The molecule has 2 aromatic heterocycles. The van der Waals surface area contributed by atoms with Gasteiger partial charge >= 0.3 is 0 Å². The van der Waals surface area contributed by atoms with E-state index in [4.69, 9.17) is 4.98 Å². The van der Waals surface area contributed by atoms with Gasteiger partial charge in [-0.25, -0.2) is 9.97 Å². The highest BCUT2D eigenvalue weighted by Gasteiger charge is 2.14. The Morgan fingerprint density at radius 3 is 2.32 bits per heavy atom. The molecule has 0 bridgehead atoms. The topological polar surface area (TPSA) is 42.2 Å². The summed E-state index contributed by atoms with van der Waals surface area (Å²) in [6.45, 7) is 4.93. The molecule has 1 N–H and O–H groups in total. The van der Waals surface area contributed by atoms with Crippen molar-refractivity contribution in [1.82, 2.24) is 14.4 Å². The van der Waals surface area contributed by atoms with Crippen molar-refractivity contribution in [2.75, 3.05) is 5.32 Å². The first-order chi connectivity index (χ1) is 12.2. The third-order valence-electron chi connectivity index (χ3n) is 4.31. The first-order valence-corrected chi connectivity index (χ1v) is 8.40. The van der Waals surface area contributed by atoms with Crippen LogP contribution in [0.3, 0.4) is 0 Å². The molecule has 0 saturated heterocycles. The zero-order chi connectivity index (χ0) is 17.2. The molecule has 0 aliphatic heterocycles. The number of hydrogen-bond acceptors (Lipinski definition) is 3. The highest BCUT2D eigenvalue weighted by molar-refractivity contribution is 5.75. The number of nitrogens with zero attached hydrogens (tertiary/aromatic N) is 3. The Morgan fingerprint density at radius 1 is 0.920 bits per heavy atom. The second kappa shape index (κ2) is 6.40. The molecule has 0 aliphatic rings. The van der Waals surface area contributed by atoms with E-state index in [-0.39, 0.29) is 0 Å². The lowest BCUT2D eigenvalue weighted by atomic mass is 10.1. The lowest BCUT2D eigenvalue weighted by Crippen LogP contribution is -2.03. The number of imidazole rings is 1. The van der Waals surface area contributed by atoms with Gasteiger partial charge in [-0.1, -0.05) is 59.7 Å². The van der Waals surface area contributed by atoms with Crippen LogP contribution in [0.1, 0.15) is 16.7 Å². The Morgan fingerprint density at radius 2 is 1.60 bits per heavy atom. The van der Waals surface area contributed by atoms with Crippen LogP contribution in [-0.2, 0) is 6.54 Å². The van der Waals surface area contributed by atoms with E-state index in [1.165, 1.54) is 16.7 Å². The Labute approximate surface area is 147 Å². The van der Waals surface area contributed by atoms with Crippen LogP contribution in [0, 0.1) is 13.8 Å². The van der Waals surface area contributed by atoms with Crippen molar-refractivity contribution in [2.24, 2.45) is 0 Å². The molecule has 0 spiro atoms. The zero-order valence-corrected chi connectivity index (χ0v) is 14.4. The average Bonchev–Trinajstić information content (AvgIpc) is 3.00. The Bertz CT molecular complexity index is 998. The minimum atomic E-state index is 0.699. The first-order valence-electron chi connectivity index (χ1n) is 8.40. The summed E-state index contributed by atoms with van der Waals surface area (Å²) in [7, 11) is 0. The smallest absolute Gasteiger partial charge is 0.235 e. The predicted octanol–water partition coefficient (Wildman–Crippen LogP) is 4.63. The highest BCUT2D eigenvalue weighted by Crippen LogP contribution is 2.28. The molecule has 4 nitrogen and oxygen atoms in total. The number of nitrogens with one attached hydrogen (secondary N) is 1. The molecule has 0 fully saturated rings. The van der Waals surface area contributed by atoms with Crippen molar-refractivity contribution in [2.45, 2.75) is 20.4 Å². The summed E-state index contributed by atoms with van der Waals surface area (Å²) >= 11 is 0. The van der Waals surface area contributed by atoms with E-state index in [9.17, 15) is 0 Å². The Hall–Kier alpha value is -3.14. The molecular weight excluding hydrogens is 308 g/mol. The third-order valence-corrected chi connectivity index (χ3v) is 4.31. The minimum Gasteiger partial charge on any atom is -0.365 e. The summed E-state index contributed by atoms with van der Waals surface area (Å²) in [4.78, 5) is 9.11. The van der Waals surface area contributed by atoms with Gasteiger partial charge in [-0.05, 0) is 25.5 Å². The maximum Gasteiger partial charge on any atom is 0.235 e. The predicted molar refractivity (Wildman–Crippen MR) is 102 cm³/mol. The maximum absolute atomic E-state index is 4.73. The SMILES string of the molecule is Cc1ccc(CNc2c(-c3ccc(C)cc3)nc3ncccn23)cc1. The average molecular weight is 328 g/mol. The summed E-state index contributed by atoms with van der Waals surface area (Å²) in [5, 5.41) is 3.55. The molecule has 0 aliphatic carbocycles. The van der Waals surface area contributed by atoms with Crippen molar-refractivity contribution in [3.8, 4) is 11.3 Å². The van der Waals surface area contributed by atoms with E-state index in [1.54, 1.807) is 6.20 Å². The van der Waals surface area contributed by atoms with Gasteiger partial charge in [-0.15, -0.1) is 0 Å². The normalized spacial score (nSPS) is 11.0. The van der Waals surface area contributed by atoms with Crippen LogP contribution in [-0.4, -0.2) is 14.4 Å². The van der Waals surface area contributed by atoms with Crippen molar-refractivity contribution in [3.05, 3.63) is 83.7 Å². The van der Waals surface area contributed by atoms with Crippen LogP contribution in [0.25, 0.3) is 17.0 Å². The molecule has 0 amide bonds. The molecule has 25 heavy (non-hydrogen) atoms. The molecule has 0 radical (unpaired) electrons. The Balaban J connectivity index is 1.73. The largest absolute Gasteiger partial charge is 0.365 e. The van der Waals surface area contributed by atoms with Crippen molar-refractivity contribution >= 4 is 11.6 Å². The van der Waals surface area contributed by atoms with E-state index >= 15 is 0 Å². The van der Waals surface area contributed by atoms with Crippen LogP contribution in [0.2, 0.25) is 0 Å². The molecule has 4 aromatic rings. The molecule has 0 atom stereocenters. The van der Waals surface area contributed by atoms with E-state index in [0.29, 0.717) is 5.78 Å². The Kier molecular flexibility index (Phi) is 3.94. The van der Waals surface area contributed by atoms with Crippen LogP contribution >= 0.6 is 0 Å². The van der Waals surface area contributed by atoms with Gasteiger partial charge in [0.25, 0.3) is 0 Å². The second-order valence-electron chi connectivity index (χ2n) is 6.30. The molecule has 0 unspecified atom stereocenters. The summed E-state index contributed by atoms with van der Waals surface area (Å²) in [5.74, 6) is 1.66. The second-order valence-corrected chi connectivity index (χ2v) is 6.30. The van der Waals surface area contributed by atoms with Crippen molar-refractivity contribution in [1.29, 1.82) is 0 Å². The van der Waals surface area contributed by atoms with Crippen LogP contribution in [0.5, 0.6) is 0 Å². The first kappa shape index (κ1) is 15.4. The monoisotopic (exact) mass is 328 g/mol. The fraction of sp³-hybridized carbons (Fsp3) is 0.143. The fourth-order valence-corrected chi connectivity index (χ4v) is 2.86. The lowest BCUT2D eigenvalue weighted by molar-refractivity contribution is 1.06. The molecule has 124 valence electrons. The van der Waals surface area contributed by atoms with Gasteiger partial charge in [0, 0.05) is 24.5 Å². The number of benzene rings is 2. The van der Waals surface area contributed by atoms with Crippen LogP contribution < -0.4 is 5.32 Å². The fourth-order valence-electron chi connectivity index (χ4n) is 2.86. The molecule has 4 rings (SSSR count). The quantitative estimate of drug-likeness (QED) is 0.594. The van der Waals surface area contributed by atoms with Gasteiger partial charge in [0.15, 0.2) is 0 Å². The number of aryl methyl sites for hydroxylation is 2. The van der Waals surface area contributed by atoms with Gasteiger partial charge in [-0.3, -0.25) is 4.40 Å². The lowest BCUT2D eigenvalue weighted by Gasteiger charge is -2.09. The van der Waals surface area contributed by atoms with Crippen molar-refractivity contribution in [3.63, 3.8) is 0 Å². The van der Waals surface area contributed by atoms with Crippen LogP contribution in [0.15, 0.2) is 67.0 Å². The minimum absolute atomic E-state index is 0.699. The standard InChI is InChI=1S/C21H20N4/c1-15-4-8-17(9-5-15)14-23-20-19(18-10-6-16(2)7-11-18)24-21-22-12-3-13-25(20)21/h3-13,23H,14H2,1-2H3. The highest BCUT2D eigenvalue weighted by atomic mass is 15.2. The number of fused-ring (bicyclic) bond motifs is 1. The number of aromatic nitrogens is 3. The van der Waals surface area contributed by atoms with Crippen LogP contribution in [0.4, 0.5) is 5.82 Å². The van der Waals surface area contributed by atoms with Gasteiger partial charge in [-0.2, -0.15) is 0 Å². The third kappa shape index (κ3) is 3.11. The molecular formula is C21H20N4. The number of anilines is 1. The van der Waals surface area contributed by atoms with Gasteiger partial charge in [0.05, 0.1) is 0 Å². The van der Waals surface area contributed by atoms with Gasteiger partial charge < -0.3 is 5.32 Å².